The van der Waals surface area contributed by atoms with Gasteiger partial charge in [0, 0.05) is 43.7 Å². The van der Waals surface area contributed by atoms with Crippen LogP contribution in [0.1, 0.15) is 17.4 Å². The second kappa shape index (κ2) is 4.49. The second-order valence-electron chi connectivity index (χ2n) is 5.53. The van der Waals surface area contributed by atoms with E-state index in [-0.39, 0.29) is 0 Å². The molecule has 0 unspecified atom stereocenters. The van der Waals surface area contributed by atoms with E-state index in [2.05, 4.69) is 49.9 Å². The highest BCUT2D eigenvalue weighted by Gasteiger charge is 2.19. The minimum atomic E-state index is 0.620. The monoisotopic (exact) mass is 266 g/mol. The fourth-order valence-electron chi connectivity index (χ4n) is 2.87. The van der Waals surface area contributed by atoms with Crippen molar-refractivity contribution in [1.29, 1.82) is 0 Å². The molecule has 0 aliphatic carbocycles. The molecule has 1 fully saturated rings. The fraction of sp³-hybridized carbons (Fsp3) is 0.312. The van der Waals surface area contributed by atoms with E-state index in [0.29, 0.717) is 6.04 Å². The summed E-state index contributed by atoms with van der Waals surface area (Å²) in [7, 11) is 0. The maximum atomic E-state index is 4.27. The van der Waals surface area contributed by atoms with Gasteiger partial charge in [0.2, 0.25) is 0 Å². The van der Waals surface area contributed by atoms with Crippen molar-refractivity contribution in [2.24, 2.45) is 0 Å². The molecule has 4 rings (SSSR count). The number of hydrogen-bond donors (Lipinski definition) is 1. The molecule has 1 aliphatic rings. The number of nitrogens with one attached hydrogen (secondary N) is 1. The molecule has 3 aromatic rings. The summed E-state index contributed by atoms with van der Waals surface area (Å²) in [6.07, 6.45) is 6.10. The third-order valence-corrected chi connectivity index (χ3v) is 4.21. The van der Waals surface area contributed by atoms with E-state index in [9.17, 15) is 0 Å². The first-order valence-corrected chi connectivity index (χ1v) is 7.09. The van der Waals surface area contributed by atoms with Crippen molar-refractivity contribution < 1.29 is 0 Å². The van der Waals surface area contributed by atoms with Gasteiger partial charge in [-0.1, -0.05) is 6.07 Å². The van der Waals surface area contributed by atoms with Gasteiger partial charge in [-0.25, -0.2) is 4.98 Å². The summed E-state index contributed by atoms with van der Waals surface area (Å²) in [5, 5.41) is 4.66. The average molecular weight is 266 g/mol. The Hall–Kier alpha value is -2.07. The number of fused-ring (bicyclic) bond motifs is 1. The molecule has 1 aromatic carbocycles. The van der Waals surface area contributed by atoms with Crippen LogP contribution in [0.5, 0.6) is 0 Å². The molecule has 0 atom stereocenters. The predicted octanol–water partition coefficient (Wildman–Crippen LogP) is 2.34. The van der Waals surface area contributed by atoms with Crippen LogP contribution < -0.4 is 5.32 Å². The molecule has 1 aliphatic heterocycles. The molecule has 0 saturated carbocycles. The van der Waals surface area contributed by atoms with E-state index < -0.39 is 0 Å². The van der Waals surface area contributed by atoms with Gasteiger partial charge in [-0.2, -0.15) is 0 Å². The highest BCUT2D eigenvalue weighted by Crippen LogP contribution is 2.23. The van der Waals surface area contributed by atoms with Crippen LogP contribution in [0, 0.1) is 6.92 Å². The highest BCUT2D eigenvalue weighted by atomic mass is 15.1. The zero-order valence-electron chi connectivity index (χ0n) is 11.6. The lowest BCUT2D eigenvalue weighted by atomic mass is 10.1. The maximum absolute atomic E-state index is 4.27. The van der Waals surface area contributed by atoms with Crippen LogP contribution in [0.15, 0.2) is 42.9 Å². The second-order valence-corrected chi connectivity index (χ2v) is 5.53. The van der Waals surface area contributed by atoms with Gasteiger partial charge < -0.3 is 14.5 Å². The standard InChI is InChI=1S/C16H18N4/c1-12-18-5-7-19(12)11-13-2-3-16-14(8-13)4-6-20(16)15-9-17-10-15/h2-8,15,17H,9-11H2,1H3. The summed E-state index contributed by atoms with van der Waals surface area (Å²) in [5.74, 6) is 1.06. The summed E-state index contributed by atoms with van der Waals surface area (Å²) in [5.41, 5.74) is 2.66. The number of aryl methyl sites for hydroxylation is 1. The summed E-state index contributed by atoms with van der Waals surface area (Å²) in [6, 6.07) is 9.60. The van der Waals surface area contributed by atoms with Gasteiger partial charge in [0.25, 0.3) is 0 Å². The van der Waals surface area contributed by atoms with E-state index in [0.717, 1.165) is 25.5 Å². The number of benzene rings is 1. The summed E-state index contributed by atoms with van der Waals surface area (Å²) in [4.78, 5) is 4.27. The molecule has 4 heteroatoms. The Morgan fingerprint density at radius 1 is 1.25 bits per heavy atom. The number of imidazole rings is 1. The molecule has 102 valence electrons. The number of rotatable bonds is 3. The van der Waals surface area contributed by atoms with Gasteiger partial charge in [0.1, 0.15) is 5.82 Å². The molecule has 4 nitrogen and oxygen atoms in total. The van der Waals surface area contributed by atoms with Gasteiger partial charge >= 0.3 is 0 Å². The third kappa shape index (κ3) is 1.84. The first-order valence-electron chi connectivity index (χ1n) is 7.09. The Morgan fingerprint density at radius 2 is 2.15 bits per heavy atom. The minimum Gasteiger partial charge on any atom is -0.342 e. The smallest absolute Gasteiger partial charge is 0.105 e. The first kappa shape index (κ1) is 11.7. The Balaban J connectivity index is 1.67. The lowest BCUT2D eigenvalue weighted by Gasteiger charge is -2.29. The molecular weight excluding hydrogens is 248 g/mol. The maximum Gasteiger partial charge on any atom is 0.105 e. The molecule has 0 bridgehead atoms. The van der Waals surface area contributed by atoms with Crippen LogP contribution in [-0.2, 0) is 6.54 Å². The van der Waals surface area contributed by atoms with Gasteiger partial charge in [-0.05, 0) is 36.1 Å². The summed E-state index contributed by atoms with van der Waals surface area (Å²) < 4.78 is 4.56. The number of nitrogens with zero attached hydrogens (tertiary/aromatic N) is 3. The van der Waals surface area contributed by atoms with E-state index in [1.165, 1.54) is 16.5 Å². The van der Waals surface area contributed by atoms with E-state index >= 15 is 0 Å². The van der Waals surface area contributed by atoms with Crippen LogP contribution in [0.4, 0.5) is 0 Å². The Bertz CT molecular complexity index is 749. The zero-order valence-corrected chi connectivity index (χ0v) is 11.6. The lowest BCUT2D eigenvalue weighted by molar-refractivity contribution is 0.352. The molecular formula is C16H18N4. The molecule has 2 aromatic heterocycles. The van der Waals surface area contributed by atoms with Crippen molar-refractivity contribution in [2.75, 3.05) is 13.1 Å². The molecule has 1 N–H and O–H groups in total. The van der Waals surface area contributed by atoms with Crippen molar-refractivity contribution in [3.8, 4) is 0 Å². The number of hydrogen-bond acceptors (Lipinski definition) is 2. The quantitative estimate of drug-likeness (QED) is 0.789. The number of aromatic nitrogens is 3. The Morgan fingerprint density at radius 3 is 2.85 bits per heavy atom. The van der Waals surface area contributed by atoms with Crippen LogP contribution >= 0.6 is 0 Å². The summed E-state index contributed by atoms with van der Waals surface area (Å²) in [6.45, 7) is 5.09. The molecule has 20 heavy (non-hydrogen) atoms. The predicted molar refractivity (Wildman–Crippen MR) is 79.9 cm³/mol. The third-order valence-electron chi connectivity index (χ3n) is 4.21. The summed E-state index contributed by atoms with van der Waals surface area (Å²) >= 11 is 0. The minimum absolute atomic E-state index is 0.620. The van der Waals surface area contributed by atoms with Crippen LogP contribution in [0.3, 0.4) is 0 Å². The van der Waals surface area contributed by atoms with Crippen LogP contribution in [-0.4, -0.2) is 27.2 Å². The largest absolute Gasteiger partial charge is 0.342 e. The average Bonchev–Trinajstić information content (AvgIpc) is 2.96. The zero-order chi connectivity index (χ0) is 13.5. The first-order chi connectivity index (χ1) is 9.81. The molecule has 0 spiro atoms. The Kier molecular flexibility index (Phi) is 2.63. The van der Waals surface area contributed by atoms with Crippen molar-refractivity contribution in [3.05, 3.63) is 54.2 Å². The van der Waals surface area contributed by atoms with E-state index in [1.807, 2.05) is 19.3 Å². The van der Waals surface area contributed by atoms with Crippen LogP contribution in [0.25, 0.3) is 10.9 Å². The van der Waals surface area contributed by atoms with Crippen molar-refractivity contribution in [1.82, 2.24) is 19.4 Å². The van der Waals surface area contributed by atoms with E-state index in [4.69, 9.17) is 0 Å². The van der Waals surface area contributed by atoms with Gasteiger partial charge in [-0.3, -0.25) is 0 Å². The van der Waals surface area contributed by atoms with Gasteiger partial charge in [0.05, 0.1) is 6.04 Å². The van der Waals surface area contributed by atoms with Crippen molar-refractivity contribution in [3.63, 3.8) is 0 Å². The van der Waals surface area contributed by atoms with Gasteiger partial charge in [0.15, 0.2) is 0 Å². The topological polar surface area (TPSA) is 34.8 Å². The molecule has 0 amide bonds. The van der Waals surface area contributed by atoms with Crippen molar-refractivity contribution >= 4 is 10.9 Å². The lowest BCUT2D eigenvalue weighted by Crippen LogP contribution is -2.43. The van der Waals surface area contributed by atoms with Crippen molar-refractivity contribution in [2.45, 2.75) is 19.5 Å². The SMILES string of the molecule is Cc1nccn1Cc1ccc2c(ccn2C2CNC2)c1. The molecule has 1 saturated heterocycles. The highest BCUT2D eigenvalue weighted by molar-refractivity contribution is 5.81. The Labute approximate surface area is 118 Å². The molecule has 3 heterocycles. The normalized spacial score (nSPS) is 15.7. The molecule has 0 radical (unpaired) electrons. The van der Waals surface area contributed by atoms with Crippen LogP contribution in [0.2, 0.25) is 0 Å². The van der Waals surface area contributed by atoms with E-state index in [1.54, 1.807) is 0 Å². The van der Waals surface area contributed by atoms with Gasteiger partial charge in [-0.15, -0.1) is 0 Å². The fourth-order valence-corrected chi connectivity index (χ4v) is 2.87.